The van der Waals surface area contributed by atoms with Crippen molar-refractivity contribution in [2.75, 3.05) is 27.2 Å². The van der Waals surface area contributed by atoms with E-state index in [-0.39, 0.29) is 24.1 Å². The Morgan fingerprint density at radius 1 is 1.11 bits per heavy atom. The van der Waals surface area contributed by atoms with Crippen molar-refractivity contribution in [3.05, 3.63) is 53.6 Å². The van der Waals surface area contributed by atoms with Crippen LogP contribution in [0.1, 0.15) is 53.9 Å². The number of nitrogens with one attached hydrogen (secondary N) is 1. The SMILES string of the molecule is CN(C)C(=O)CNC1COc2ccccc2-c2c(C3CCCCC3)c3ccc(C(=O)O)cc3n2C1. The highest BCUT2D eigenvalue weighted by Gasteiger charge is 2.30. The zero-order valence-corrected chi connectivity index (χ0v) is 20.4. The third kappa shape index (κ3) is 4.52. The predicted octanol–water partition coefficient (Wildman–Crippen LogP) is 4.49. The number of amides is 1. The van der Waals surface area contributed by atoms with E-state index in [1.807, 2.05) is 24.3 Å². The van der Waals surface area contributed by atoms with Crippen molar-refractivity contribution in [3.63, 3.8) is 0 Å². The number of hydrogen-bond donors (Lipinski definition) is 2. The van der Waals surface area contributed by atoms with Gasteiger partial charge in [-0.1, -0.05) is 37.5 Å². The molecular formula is C28H33N3O4. The van der Waals surface area contributed by atoms with E-state index in [4.69, 9.17) is 4.74 Å². The summed E-state index contributed by atoms with van der Waals surface area (Å²) in [6.07, 6.45) is 5.95. The molecular weight excluding hydrogens is 442 g/mol. The summed E-state index contributed by atoms with van der Waals surface area (Å²) >= 11 is 0. The first kappa shape index (κ1) is 23.4. The van der Waals surface area contributed by atoms with E-state index in [1.54, 1.807) is 31.1 Å². The second-order valence-electron chi connectivity index (χ2n) is 9.92. The number of rotatable bonds is 5. The van der Waals surface area contributed by atoms with Crippen LogP contribution in [-0.2, 0) is 11.3 Å². The first-order chi connectivity index (χ1) is 16.9. The van der Waals surface area contributed by atoms with Gasteiger partial charge in [0, 0.05) is 37.1 Å². The first-order valence-corrected chi connectivity index (χ1v) is 12.5. The van der Waals surface area contributed by atoms with Gasteiger partial charge in [-0.3, -0.25) is 4.79 Å². The first-order valence-electron chi connectivity index (χ1n) is 12.5. The lowest BCUT2D eigenvalue weighted by Crippen LogP contribution is -2.44. The standard InChI is InChI=1S/C28H33N3O4/c1-30(2)25(32)15-29-20-16-31-23-14-19(28(33)34)12-13-21(23)26(18-8-4-3-5-9-18)27(31)22-10-6-7-11-24(22)35-17-20/h6-7,10-14,18,20,29H,3-5,8-9,15-17H2,1-2H3,(H,33,34). The molecule has 1 aromatic heterocycles. The lowest BCUT2D eigenvalue weighted by Gasteiger charge is -2.28. The molecule has 1 unspecified atom stereocenters. The fourth-order valence-corrected chi connectivity index (χ4v) is 5.56. The zero-order chi connectivity index (χ0) is 24.5. The number of benzene rings is 2. The molecule has 2 heterocycles. The van der Waals surface area contributed by atoms with E-state index in [0.717, 1.165) is 40.8 Å². The van der Waals surface area contributed by atoms with Gasteiger partial charge in [-0.2, -0.15) is 0 Å². The van der Waals surface area contributed by atoms with Gasteiger partial charge in [-0.05, 0) is 48.6 Å². The van der Waals surface area contributed by atoms with Gasteiger partial charge in [0.25, 0.3) is 0 Å². The minimum Gasteiger partial charge on any atom is -0.491 e. The third-order valence-corrected chi connectivity index (χ3v) is 7.39. The summed E-state index contributed by atoms with van der Waals surface area (Å²) in [5, 5.41) is 14.2. The molecule has 2 aliphatic rings. The summed E-state index contributed by atoms with van der Waals surface area (Å²) in [5.74, 6) is 0.313. The largest absolute Gasteiger partial charge is 0.491 e. The second-order valence-corrected chi connectivity index (χ2v) is 9.92. The molecule has 1 atom stereocenters. The van der Waals surface area contributed by atoms with E-state index in [0.29, 0.717) is 19.1 Å². The summed E-state index contributed by atoms with van der Waals surface area (Å²) in [6, 6.07) is 13.5. The number of nitrogens with zero attached hydrogens (tertiary/aromatic N) is 2. The van der Waals surface area contributed by atoms with Crippen LogP contribution >= 0.6 is 0 Å². The number of para-hydroxylation sites is 1. The maximum Gasteiger partial charge on any atom is 0.335 e. The number of likely N-dealkylation sites (N-methyl/N-ethyl adjacent to an activating group) is 1. The van der Waals surface area contributed by atoms with E-state index >= 15 is 0 Å². The average molecular weight is 476 g/mol. The molecule has 2 aromatic carbocycles. The summed E-state index contributed by atoms with van der Waals surface area (Å²) < 4.78 is 8.56. The molecule has 184 valence electrons. The van der Waals surface area contributed by atoms with Gasteiger partial charge in [0.05, 0.1) is 23.8 Å². The van der Waals surface area contributed by atoms with Crippen LogP contribution in [0.5, 0.6) is 5.75 Å². The Morgan fingerprint density at radius 3 is 2.63 bits per heavy atom. The van der Waals surface area contributed by atoms with Crippen LogP contribution in [0, 0.1) is 0 Å². The van der Waals surface area contributed by atoms with Gasteiger partial charge < -0.3 is 24.6 Å². The molecule has 1 amide bonds. The number of hydrogen-bond acceptors (Lipinski definition) is 4. The number of aromatic carboxylic acids is 1. The predicted molar refractivity (Wildman–Crippen MR) is 136 cm³/mol. The number of carboxylic acids is 1. The van der Waals surface area contributed by atoms with Gasteiger partial charge >= 0.3 is 5.97 Å². The number of carboxylic acid groups (broad SMARTS) is 1. The summed E-state index contributed by atoms with van der Waals surface area (Å²) in [6.45, 7) is 1.21. The number of carbonyl (C=O) groups excluding carboxylic acids is 1. The minimum absolute atomic E-state index is 0.00102. The topological polar surface area (TPSA) is 83.8 Å². The van der Waals surface area contributed by atoms with E-state index in [2.05, 4.69) is 16.0 Å². The molecule has 5 rings (SSSR count). The molecule has 0 radical (unpaired) electrons. The van der Waals surface area contributed by atoms with Gasteiger partial charge in [-0.15, -0.1) is 0 Å². The van der Waals surface area contributed by atoms with E-state index in [1.165, 1.54) is 24.8 Å². The van der Waals surface area contributed by atoms with Crippen molar-refractivity contribution in [2.45, 2.75) is 50.6 Å². The van der Waals surface area contributed by atoms with Crippen molar-refractivity contribution < 1.29 is 19.4 Å². The normalized spacial score (nSPS) is 18.2. The quantitative estimate of drug-likeness (QED) is 0.568. The number of fused-ring (bicyclic) bond motifs is 5. The van der Waals surface area contributed by atoms with Crippen LogP contribution in [0.2, 0.25) is 0 Å². The third-order valence-electron chi connectivity index (χ3n) is 7.39. The minimum atomic E-state index is -0.928. The van der Waals surface area contributed by atoms with Crippen molar-refractivity contribution in [3.8, 4) is 17.0 Å². The van der Waals surface area contributed by atoms with Gasteiger partial charge in [0.2, 0.25) is 5.91 Å². The second kappa shape index (κ2) is 9.74. The van der Waals surface area contributed by atoms with Gasteiger partial charge in [-0.25, -0.2) is 4.79 Å². The number of aromatic nitrogens is 1. The molecule has 7 nitrogen and oxygen atoms in total. The average Bonchev–Trinajstić information content (AvgIpc) is 3.17. The fourth-order valence-electron chi connectivity index (χ4n) is 5.56. The zero-order valence-electron chi connectivity index (χ0n) is 20.4. The molecule has 2 N–H and O–H groups in total. The Balaban J connectivity index is 1.70. The van der Waals surface area contributed by atoms with Crippen LogP contribution in [0.4, 0.5) is 0 Å². The fraction of sp³-hybridized carbons (Fsp3) is 0.429. The van der Waals surface area contributed by atoms with Crippen LogP contribution in [-0.4, -0.2) is 59.7 Å². The highest BCUT2D eigenvalue weighted by Crippen LogP contribution is 2.46. The maximum atomic E-state index is 12.3. The van der Waals surface area contributed by atoms with E-state index in [9.17, 15) is 14.7 Å². The maximum absolute atomic E-state index is 12.3. The Kier molecular flexibility index (Phi) is 6.52. The smallest absolute Gasteiger partial charge is 0.335 e. The molecule has 7 heteroatoms. The van der Waals surface area contributed by atoms with Crippen molar-refractivity contribution in [1.82, 2.24) is 14.8 Å². The van der Waals surface area contributed by atoms with Crippen LogP contribution in [0.3, 0.4) is 0 Å². The Morgan fingerprint density at radius 2 is 1.89 bits per heavy atom. The van der Waals surface area contributed by atoms with Gasteiger partial charge in [0.15, 0.2) is 0 Å². The molecule has 3 aromatic rings. The molecule has 0 bridgehead atoms. The monoisotopic (exact) mass is 475 g/mol. The summed E-state index contributed by atoms with van der Waals surface area (Å²) in [5.41, 5.74) is 4.69. The molecule has 35 heavy (non-hydrogen) atoms. The number of carbonyl (C=O) groups is 2. The molecule has 1 aliphatic heterocycles. The highest BCUT2D eigenvalue weighted by atomic mass is 16.5. The van der Waals surface area contributed by atoms with Crippen LogP contribution in [0.15, 0.2) is 42.5 Å². The molecule has 0 spiro atoms. The lowest BCUT2D eigenvalue weighted by molar-refractivity contribution is -0.127. The molecule has 0 saturated heterocycles. The highest BCUT2D eigenvalue weighted by molar-refractivity contribution is 5.98. The molecule has 1 saturated carbocycles. The van der Waals surface area contributed by atoms with Gasteiger partial charge in [0.1, 0.15) is 12.4 Å². The Bertz CT molecular complexity index is 1260. The van der Waals surface area contributed by atoms with E-state index < -0.39 is 5.97 Å². The lowest BCUT2D eigenvalue weighted by atomic mass is 9.81. The van der Waals surface area contributed by atoms with Crippen molar-refractivity contribution in [2.24, 2.45) is 0 Å². The summed E-state index contributed by atoms with van der Waals surface area (Å²) in [7, 11) is 3.49. The Hall–Kier alpha value is -3.32. The Labute approximate surface area is 205 Å². The molecule has 1 aliphatic carbocycles. The van der Waals surface area contributed by atoms with Crippen molar-refractivity contribution >= 4 is 22.8 Å². The van der Waals surface area contributed by atoms with Crippen LogP contribution < -0.4 is 10.1 Å². The molecule has 1 fully saturated rings. The van der Waals surface area contributed by atoms with Crippen LogP contribution in [0.25, 0.3) is 22.2 Å². The summed E-state index contributed by atoms with van der Waals surface area (Å²) in [4.78, 5) is 25.7. The number of ether oxygens (including phenoxy) is 1. The van der Waals surface area contributed by atoms with Crippen molar-refractivity contribution in [1.29, 1.82) is 0 Å².